The summed E-state index contributed by atoms with van der Waals surface area (Å²) in [6.45, 7) is 1.52. The smallest absolute Gasteiger partial charge is 0.286 e. The van der Waals surface area contributed by atoms with Crippen molar-refractivity contribution in [3.8, 4) is 5.75 Å². The number of fused-ring (bicyclic) bond motifs is 1. The highest BCUT2D eigenvalue weighted by molar-refractivity contribution is 5.98. The number of rotatable bonds is 4. The van der Waals surface area contributed by atoms with Crippen molar-refractivity contribution in [2.24, 2.45) is 0 Å². The molecule has 6 nitrogen and oxygen atoms in total. The first-order valence-electron chi connectivity index (χ1n) is 7.63. The van der Waals surface area contributed by atoms with Gasteiger partial charge >= 0.3 is 0 Å². The molecule has 0 radical (unpaired) electrons. The van der Waals surface area contributed by atoms with Crippen molar-refractivity contribution in [1.82, 2.24) is 15.8 Å². The Morgan fingerprint density at radius 2 is 1.80 bits per heavy atom. The molecule has 25 heavy (non-hydrogen) atoms. The van der Waals surface area contributed by atoms with Crippen LogP contribution in [-0.4, -0.2) is 22.9 Å². The van der Waals surface area contributed by atoms with Crippen LogP contribution in [0.25, 0.3) is 10.9 Å². The number of ether oxygens (including phenoxy) is 1. The number of hydrogen-bond acceptors (Lipinski definition) is 3. The van der Waals surface area contributed by atoms with Gasteiger partial charge in [0.1, 0.15) is 17.3 Å². The van der Waals surface area contributed by atoms with E-state index in [4.69, 9.17) is 4.74 Å². The number of carbonyl (C=O) groups excluding carboxylic acids is 2. The third-order valence-electron chi connectivity index (χ3n) is 3.57. The SMILES string of the molecule is C[C@H](Oc1ccc(F)cc1)C(=O)NNC(=O)c1cc2ccccc2[nH]1. The Hall–Kier alpha value is -3.35. The Morgan fingerprint density at radius 1 is 1.08 bits per heavy atom. The molecule has 0 fully saturated rings. The molecule has 1 atom stereocenters. The fourth-order valence-electron chi connectivity index (χ4n) is 2.25. The topological polar surface area (TPSA) is 83.2 Å². The predicted octanol–water partition coefficient (Wildman–Crippen LogP) is 2.54. The summed E-state index contributed by atoms with van der Waals surface area (Å²) < 4.78 is 18.2. The van der Waals surface area contributed by atoms with Crippen LogP contribution in [0.15, 0.2) is 54.6 Å². The molecule has 1 heterocycles. The van der Waals surface area contributed by atoms with E-state index in [-0.39, 0.29) is 0 Å². The first-order chi connectivity index (χ1) is 12.0. The fourth-order valence-corrected chi connectivity index (χ4v) is 2.25. The van der Waals surface area contributed by atoms with Gasteiger partial charge in [-0.2, -0.15) is 0 Å². The molecule has 0 spiro atoms. The number of halogens is 1. The average molecular weight is 341 g/mol. The molecule has 0 bridgehead atoms. The van der Waals surface area contributed by atoms with Crippen LogP contribution in [-0.2, 0) is 4.79 Å². The van der Waals surface area contributed by atoms with Crippen molar-refractivity contribution in [3.63, 3.8) is 0 Å². The number of aromatic amines is 1. The number of carbonyl (C=O) groups is 2. The van der Waals surface area contributed by atoms with E-state index in [1.807, 2.05) is 24.3 Å². The zero-order valence-electron chi connectivity index (χ0n) is 13.4. The molecule has 0 saturated carbocycles. The lowest BCUT2D eigenvalue weighted by Crippen LogP contribution is -2.47. The van der Waals surface area contributed by atoms with E-state index in [0.717, 1.165) is 10.9 Å². The highest BCUT2D eigenvalue weighted by Crippen LogP contribution is 2.14. The zero-order chi connectivity index (χ0) is 17.8. The Balaban J connectivity index is 1.55. The highest BCUT2D eigenvalue weighted by atomic mass is 19.1. The number of para-hydroxylation sites is 1. The van der Waals surface area contributed by atoms with Gasteiger partial charge in [-0.3, -0.25) is 20.4 Å². The summed E-state index contributed by atoms with van der Waals surface area (Å²) in [4.78, 5) is 27.0. The van der Waals surface area contributed by atoms with Crippen molar-refractivity contribution >= 4 is 22.7 Å². The Kier molecular flexibility index (Phi) is 4.65. The first-order valence-corrected chi connectivity index (χ1v) is 7.63. The maximum Gasteiger partial charge on any atom is 0.286 e. The summed E-state index contributed by atoms with van der Waals surface area (Å²) >= 11 is 0. The molecule has 0 saturated heterocycles. The van der Waals surface area contributed by atoms with Crippen LogP contribution in [0.4, 0.5) is 4.39 Å². The number of H-pyrrole nitrogens is 1. The molecule has 0 aliphatic carbocycles. The van der Waals surface area contributed by atoms with Crippen LogP contribution in [0.5, 0.6) is 5.75 Å². The minimum atomic E-state index is -0.867. The maximum atomic E-state index is 12.8. The standard InChI is InChI=1S/C18H16FN3O3/c1-11(25-14-8-6-13(19)7-9-14)17(23)21-22-18(24)16-10-12-4-2-3-5-15(12)20-16/h2-11,20H,1H3,(H,21,23)(H,22,24)/t11-/m0/s1. The van der Waals surface area contributed by atoms with Crippen LogP contribution in [0.1, 0.15) is 17.4 Å². The largest absolute Gasteiger partial charge is 0.481 e. The lowest BCUT2D eigenvalue weighted by atomic mass is 10.2. The summed E-state index contributed by atoms with van der Waals surface area (Å²) in [5.74, 6) is -1.05. The summed E-state index contributed by atoms with van der Waals surface area (Å²) in [5, 5.41) is 0.895. The Bertz CT molecular complexity index is 872. The summed E-state index contributed by atoms with van der Waals surface area (Å²) in [5.41, 5.74) is 5.78. The molecular weight excluding hydrogens is 325 g/mol. The van der Waals surface area contributed by atoms with E-state index in [9.17, 15) is 14.0 Å². The second-order valence-corrected chi connectivity index (χ2v) is 5.43. The van der Waals surface area contributed by atoms with Gasteiger partial charge in [0.05, 0.1) is 0 Å². The predicted molar refractivity (Wildman–Crippen MR) is 90.4 cm³/mol. The lowest BCUT2D eigenvalue weighted by molar-refractivity contribution is -0.128. The van der Waals surface area contributed by atoms with Gasteiger partial charge in [-0.25, -0.2) is 4.39 Å². The summed E-state index contributed by atoms with van der Waals surface area (Å²) in [6.07, 6.45) is -0.867. The van der Waals surface area contributed by atoms with Crippen molar-refractivity contribution in [1.29, 1.82) is 0 Å². The van der Waals surface area contributed by atoms with Gasteiger partial charge in [-0.1, -0.05) is 18.2 Å². The number of hydrogen-bond donors (Lipinski definition) is 3. The molecule has 2 aromatic carbocycles. The van der Waals surface area contributed by atoms with E-state index in [2.05, 4.69) is 15.8 Å². The second kappa shape index (κ2) is 7.04. The minimum absolute atomic E-state index is 0.327. The molecular formula is C18H16FN3O3. The number of benzene rings is 2. The van der Waals surface area contributed by atoms with Crippen LogP contribution < -0.4 is 15.6 Å². The Labute approximate surface area is 143 Å². The third kappa shape index (κ3) is 3.95. The quantitative estimate of drug-likeness (QED) is 0.638. The molecule has 3 N–H and O–H groups in total. The van der Waals surface area contributed by atoms with E-state index >= 15 is 0 Å². The second-order valence-electron chi connectivity index (χ2n) is 5.43. The molecule has 2 amide bonds. The minimum Gasteiger partial charge on any atom is -0.481 e. The van der Waals surface area contributed by atoms with Gasteiger partial charge in [0.25, 0.3) is 11.8 Å². The van der Waals surface area contributed by atoms with Crippen LogP contribution in [0.2, 0.25) is 0 Å². The molecule has 0 aliphatic rings. The fraction of sp³-hybridized carbons (Fsp3) is 0.111. The van der Waals surface area contributed by atoms with Crippen molar-refractivity contribution in [3.05, 3.63) is 66.1 Å². The molecule has 7 heteroatoms. The van der Waals surface area contributed by atoms with Gasteiger partial charge in [0, 0.05) is 10.9 Å². The van der Waals surface area contributed by atoms with E-state index in [1.54, 1.807) is 6.07 Å². The Morgan fingerprint density at radius 3 is 2.52 bits per heavy atom. The van der Waals surface area contributed by atoms with E-state index in [1.165, 1.54) is 31.2 Å². The normalized spacial score (nSPS) is 11.8. The van der Waals surface area contributed by atoms with Crippen LogP contribution in [0.3, 0.4) is 0 Å². The average Bonchev–Trinajstić information content (AvgIpc) is 3.05. The zero-order valence-corrected chi connectivity index (χ0v) is 13.4. The number of aromatic nitrogens is 1. The van der Waals surface area contributed by atoms with Crippen molar-refractivity contribution in [2.75, 3.05) is 0 Å². The molecule has 3 aromatic rings. The molecule has 1 aromatic heterocycles. The lowest BCUT2D eigenvalue weighted by Gasteiger charge is -2.14. The van der Waals surface area contributed by atoms with Gasteiger partial charge in [0.2, 0.25) is 0 Å². The first kappa shape index (κ1) is 16.5. The number of hydrazine groups is 1. The summed E-state index contributed by atoms with van der Waals surface area (Å²) in [6, 6.07) is 14.4. The number of amides is 2. The monoisotopic (exact) mass is 341 g/mol. The van der Waals surface area contributed by atoms with Crippen LogP contribution in [0, 0.1) is 5.82 Å². The molecule has 0 aliphatic heterocycles. The van der Waals surface area contributed by atoms with Gasteiger partial charge in [0.15, 0.2) is 6.10 Å². The highest BCUT2D eigenvalue weighted by Gasteiger charge is 2.16. The number of nitrogens with one attached hydrogen (secondary N) is 3. The molecule has 0 unspecified atom stereocenters. The summed E-state index contributed by atoms with van der Waals surface area (Å²) in [7, 11) is 0. The van der Waals surface area contributed by atoms with Crippen LogP contribution >= 0.6 is 0 Å². The molecule has 128 valence electrons. The van der Waals surface area contributed by atoms with E-state index in [0.29, 0.717) is 11.4 Å². The van der Waals surface area contributed by atoms with Gasteiger partial charge < -0.3 is 9.72 Å². The van der Waals surface area contributed by atoms with Gasteiger partial charge in [-0.15, -0.1) is 0 Å². The third-order valence-corrected chi connectivity index (χ3v) is 3.57. The molecule has 3 rings (SSSR count). The maximum absolute atomic E-state index is 12.8. The van der Waals surface area contributed by atoms with Crippen molar-refractivity contribution < 1.29 is 18.7 Å². The van der Waals surface area contributed by atoms with Crippen molar-refractivity contribution in [2.45, 2.75) is 13.0 Å². The van der Waals surface area contributed by atoms with Gasteiger partial charge in [-0.05, 0) is 43.3 Å². The van der Waals surface area contributed by atoms with E-state index < -0.39 is 23.7 Å².